The van der Waals surface area contributed by atoms with Gasteiger partial charge in [0.25, 0.3) is 5.56 Å². The second-order valence-corrected chi connectivity index (χ2v) is 7.60. The molecule has 1 amide bonds. The molecule has 0 bridgehead atoms. The van der Waals surface area contributed by atoms with Gasteiger partial charge in [-0.15, -0.1) is 0 Å². The van der Waals surface area contributed by atoms with E-state index in [4.69, 9.17) is 11.6 Å². The van der Waals surface area contributed by atoms with Crippen LogP contribution in [0.4, 0.5) is 5.69 Å². The third-order valence-corrected chi connectivity index (χ3v) is 5.33. The normalized spacial score (nSPS) is 11.9. The van der Waals surface area contributed by atoms with Crippen LogP contribution in [-0.4, -0.2) is 15.7 Å². The third kappa shape index (κ3) is 4.57. The predicted molar refractivity (Wildman–Crippen MR) is 118 cm³/mol. The second-order valence-electron chi connectivity index (χ2n) is 7.20. The lowest BCUT2D eigenvalue weighted by molar-refractivity contribution is -0.119. The molecular weight excluding hydrogens is 386 g/mol. The Hall–Kier alpha value is -2.92. The van der Waals surface area contributed by atoms with Crippen LogP contribution in [-0.2, 0) is 4.79 Å². The van der Waals surface area contributed by atoms with Gasteiger partial charge in [-0.2, -0.15) is 5.10 Å². The van der Waals surface area contributed by atoms with Crippen LogP contribution in [0.15, 0.2) is 53.3 Å². The fourth-order valence-corrected chi connectivity index (χ4v) is 3.35. The van der Waals surface area contributed by atoms with Crippen molar-refractivity contribution in [3.05, 3.63) is 80.6 Å². The summed E-state index contributed by atoms with van der Waals surface area (Å²) in [5, 5.41) is 7.94. The van der Waals surface area contributed by atoms with E-state index in [1.807, 2.05) is 52.0 Å². The molecule has 6 heteroatoms. The Morgan fingerprint density at radius 2 is 1.79 bits per heavy atom. The number of carbonyl (C=O) groups excluding carboxylic acids is 1. The zero-order valence-electron chi connectivity index (χ0n) is 17.0. The molecule has 0 fully saturated rings. The van der Waals surface area contributed by atoms with E-state index in [0.29, 0.717) is 22.8 Å². The average Bonchev–Trinajstić information content (AvgIpc) is 2.69. The first-order chi connectivity index (χ1) is 13.8. The first-order valence-electron chi connectivity index (χ1n) is 9.54. The summed E-state index contributed by atoms with van der Waals surface area (Å²) in [6.07, 6.45) is 0.425. The van der Waals surface area contributed by atoms with E-state index in [1.54, 1.807) is 18.2 Å². The standard InChI is InChI=1S/C23H24ClN3O2/c1-5-21(23(29)25-17-9-8-16(4)19(24)13-17)27-22(28)11-10-20(26-27)18-12-14(2)6-7-15(18)3/h6-13,21H,5H2,1-4H3,(H,25,29)/t21-/m1/s1. The smallest absolute Gasteiger partial charge is 0.267 e. The quantitative estimate of drug-likeness (QED) is 0.639. The molecule has 1 atom stereocenters. The number of nitrogens with one attached hydrogen (secondary N) is 1. The van der Waals surface area contributed by atoms with Gasteiger partial charge >= 0.3 is 0 Å². The summed E-state index contributed by atoms with van der Waals surface area (Å²) in [4.78, 5) is 25.4. The molecule has 1 aromatic heterocycles. The molecule has 0 aliphatic carbocycles. The lowest BCUT2D eigenvalue weighted by atomic mass is 10.0. The Bertz CT molecular complexity index is 1120. The Morgan fingerprint density at radius 1 is 1.07 bits per heavy atom. The van der Waals surface area contributed by atoms with Crippen molar-refractivity contribution in [1.29, 1.82) is 0 Å². The summed E-state index contributed by atoms with van der Waals surface area (Å²) in [5.74, 6) is -0.305. The van der Waals surface area contributed by atoms with Gasteiger partial charge in [0.1, 0.15) is 6.04 Å². The number of nitrogens with zero attached hydrogens (tertiary/aromatic N) is 2. The maximum Gasteiger partial charge on any atom is 0.267 e. The largest absolute Gasteiger partial charge is 0.324 e. The minimum Gasteiger partial charge on any atom is -0.324 e. The first-order valence-corrected chi connectivity index (χ1v) is 9.92. The summed E-state index contributed by atoms with van der Waals surface area (Å²) < 4.78 is 1.27. The number of aromatic nitrogens is 2. The van der Waals surface area contributed by atoms with E-state index in [0.717, 1.165) is 22.3 Å². The highest BCUT2D eigenvalue weighted by Gasteiger charge is 2.22. The number of aryl methyl sites for hydroxylation is 3. The number of hydrogen-bond acceptors (Lipinski definition) is 3. The molecule has 0 spiro atoms. The number of rotatable bonds is 5. The summed E-state index contributed by atoms with van der Waals surface area (Å²) in [6, 6.07) is 13.8. The van der Waals surface area contributed by atoms with Crippen molar-refractivity contribution >= 4 is 23.2 Å². The van der Waals surface area contributed by atoms with Gasteiger partial charge in [-0.3, -0.25) is 9.59 Å². The molecule has 0 radical (unpaired) electrons. The molecule has 150 valence electrons. The van der Waals surface area contributed by atoms with Crippen LogP contribution in [0.25, 0.3) is 11.3 Å². The molecule has 1 heterocycles. The monoisotopic (exact) mass is 409 g/mol. The van der Waals surface area contributed by atoms with Crippen LogP contribution in [0, 0.1) is 20.8 Å². The molecule has 0 unspecified atom stereocenters. The Labute approximate surface area is 175 Å². The van der Waals surface area contributed by atoms with Crippen LogP contribution < -0.4 is 10.9 Å². The lowest BCUT2D eigenvalue weighted by Gasteiger charge is -2.18. The number of halogens is 1. The maximum absolute atomic E-state index is 12.9. The van der Waals surface area contributed by atoms with Crippen molar-refractivity contribution in [2.24, 2.45) is 0 Å². The van der Waals surface area contributed by atoms with E-state index in [-0.39, 0.29) is 11.5 Å². The van der Waals surface area contributed by atoms with Crippen LogP contribution in [0.1, 0.15) is 36.1 Å². The van der Waals surface area contributed by atoms with Crippen LogP contribution >= 0.6 is 11.6 Å². The fourth-order valence-electron chi connectivity index (χ4n) is 3.17. The van der Waals surface area contributed by atoms with Crippen molar-refractivity contribution in [1.82, 2.24) is 9.78 Å². The van der Waals surface area contributed by atoms with E-state index in [2.05, 4.69) is 10.4 Å². The fraction of sp³-hybridized carbons (Fsp3) is 0.261. The molecule has 1 N–H and O–H groups in total. The predicted octanol–water partition coefficient (Wildman–Crippen LogP) is 5.08. The van der Waals surface area contributed by atoms with Gasteiger partial charge in [-0.25, -0.2) is 4.68 Å². The maximum atomic E-state index is 12.9. The van der Waals surface area contributed by atoms with E-state index in [9.17, 15) is 9.59 Å². The SMILES string of the molecule is CC[C@H](C(=O)Nc1ccc(C)c(Cl)c1)n1nc(-c2cc(C)ccc2C)ccc1=O. The number of hydrogen-bond donors (Lipinski definition) is 1. The zero-order valence-corrected chi connectivity index (χ0v) is 17.7. The van der Waals surface area contributed by atoms with Crippen LogP contribution in [0.2, 0.25) is 5.02 Å². The molecule has 29 heavy (non-hydrogen) atoms. The first kappa shape index (κ1) is 20.8. The topological polar surface area (TPSA) is 64.0 Å². The molecule has 3 aromatic rings. The molecule has 0 aliphatic heterocycles. The Kier molecular flexibility index (Phi) is 6.18. The molecule has 0 aliphatic rings. The summed E-state index contributed by atoms with van der Waals surface area (Å²) in [6.45, 7) is 7.75. The van der Waals surface area contributed by atoms with Gasteiger partial charge in [0.2, 0.25) is 5.91 Å². The van der Waals surface area contributed by atoms with Gasteiger partial charge in [-0.05, 0) is 62.6 Å². The molecule has 0 saturated carbocycles. The van der Waals surface area contributed by atoms with Crippen molar-refractivity contribution in [2.75, 3.05) is 5.32 Å². The minimum absolute atomic E-state index is 0.305. The van der Waals surface area contributed by atoms with Crippen molar-refractivity contribution in [3.8, 4) is 11.3 Å². The van der Waals surface area contributed by atoms with E-state index in [1.165, 1.54) is 10.7 Å². The van der Waals surface area contributed by atoms with Crippen molar-refractivity contribution in [3.63, 3.8) is 0 Å². The third-order valence-electron chi connectivity index (χ3n) is 4.92. The Balaban J connectivity index is 1.96. The second kappa shape index (κ2) is 8.62. The van der Waals surface area contributed by atoms with Gasteiger partial charge in [0.15, 0.2) is 0 Å². The van der Waals surface area contributed by atoms with E-state index < -0.39 is 6.04 Å². The molecule has 3 rings (SSSR count). The zero-order chi connectivity index (χ0) is 21.1. The van der Waals surface area contributed by atoms with Crippen molar-refractivity contribution < 1.29 is 4.79 Å². The highest BCUT2D eigenvalue weighted by atomic mass is 35.5. The minimum atomic E-state index is -0.729. The van der Waals surface area contributed by atoms with Crippen LogP contribution in [0.5, 0.6) is 0 Å². The number of amides is 1. The highest BCUT2D eigenvalue weighted by molar-refractivity contribution is 6.31. The Morgan fingerprint density at radius 3 is 2.48 bits per heavy atom. The van der Waals surface area contributed by atoms with E-state index >= 15 is 0 Å². The van der Waals surface area contributed by atoms with Crippen LogP contribution in [0.3, 0.4) is 0 Å². The summed E-state index contributed by atoms with van der Waals surface area (Å²) in [5.41, 5.74) is 4.96. The summed E-state index contributed by atoms with van der Waals surface area (Å²) >= 11 is 6.15. The van der Waals surface area contributed by atoms with Gasteiger partial charge in [-0.1, -0.05) is 42.3 Å². The van der Waals surface area contributed by atoms with Gasteiger partial charge in [0, 0.05) is 22.3 Å². The number of anilines is 1. The molecule has 0 saturated heterocycles. The highest BCUT2D eigenvalue weighted by Crippen LogP contribution is 2.24. The summed E-state index contributed by atoms with van der Waals surface area (Å²) in [7, 11) is 0. The number of carbonyl (C=O) groups is 1. The molecule has 5 nitrogen and oxygen atoms in total. The molecule has 2 aromatic carbocycles. The number of benzene rings is 2. The molecular formula is C23H24ClN3O2. The van der Waals surface area contributed by atoms with Gasteiger partial charge < -0.3 is 5.32 Å². The average molecular weight is 410 g/mol. The van der Waals surface area contributed by atoms with Crippen molar-refractivity contribution in [2.45, 2.75) is 40.2 Å². The van der Waals surface area contributed by atoms with Gasteiger partial charge in [0.05, 0.1) is 5.69 Å². The lowest BCUT2D eigenvalue weighted by Crippen LogP contribution is -2.34.